The largest absolute Gasteiger partial charge is 0.491 e. The number of aliphatic hydroxyl groups is 1. The molecule has 6 heteroatoms. The van der Waals surface area contributed by atoms with Crippen molar-refractivity contribution < 1.29 is 9.84 Å². The number of benzene rings is 1. The molecule has 6 nitrogen and oxygen atoms in total. The Morgan fingerprint density at radius 3 is 2.71 bits per heavy atom. The van der Waals surface area contributed by atoms with E-state index < -0.39 is 6.10 Å². The summed E-state index contributed by atoms with van der Waals surface area (Å²) in [6.45, 7) is 11.8. The molecule has 0 bridgehead atoms. The predicted octanol–water partition coefficient (Wildman–Crippen LogP) is 2.94. The maximum absolute atomic E-state index is 10.5. The van der Waals surface area contributed by atoms with Crippen LogP contribution in [-0.4, -0.2) is 61.3 Å². The highest BCUT2D eigenvalue weighted by atomic mass is 16.5. The van der Waals surface area contributed by atoms with Gasteiger partial charge in [-0.15, -0.1) is 0 Å². The quantitative estimate of drug-likeness (QED) is 0.308. The second kappa shape index (κ2) is 12.6. The van der Waals surface area contributed by atoms with Crippen LogP contribution in [0.25, 0.3) is 0 Å². The molecule has 1 aliphatic rings. The van der Waals surface area contributed by atoms with Gasteiger partial charge in [-0.25, -0.2) is 0 Å². The van der Waals surface area contributed by atoms with Crippen LogP contribution in [0.3, 0.4) is 0 Å². The first-order valence-electron chi connectivity index (χ1n) is 10.8. The monoisotopic (exact) mass is 390 g/mol. The van der Waals surface area contributed by atoms with Gasteiger partial charge in [0, 0.05) is 13.1 Å². The van der Waals surface area contributed by atoms with E-state index in [1.54, 1.807) is 0 Å². The van der Waals surface area contributed by atoms with Gasteiger partial charge in [0.25, 0.3) is 0 Å². The Balaban J connectivity index is 1.76. The van der Waals surface area contributed by atoms with Gasteiger partial charge < -0.3 is 25.4 Å². The lowest BCUT2D eigenvalue weighted by Gasteiger charge is -2.16. The molecule has 0 aliphatic carbocycles. The van der Waals surface area contributed by atoms with Crippen LogP contribution < -0.4 is 15.4 Å². The molecular weight excluding hydrogens is 352 g/mol. The Hall–Kier alpha value is -1.79. The van der Waals surface area contributed by atoms with Crippen LogP contribution in [0.1, 0.15) is 58.1 Å². The van der Waals surface area contributed by atoms with Gasteiger partial charge >= 0.3 is 0 Å². The second-order valence-electron chi connectivity index (χ2n) is 7.66. The SMILES string of the molecule is CCNC(=NCC(O)c1cccc(OC(C)C)c1)NCCCCN1CCCC1. The Labute approximate surface area is 170 Å². The average molecular weight is 391 g/mol. The van der Waals surface area contributed by atoms with Crippen molar-refractivity contribution in [3.05, 3.63) is 29.8 Å². The zero-order chi connectivity index (χ0) is 20.2. The maximum atomic E-state index is 10.5. The molecule has 28 heavy (non-hydrogen) atoms. The zero-order valence-corrected chi connectivity index (χ0v) is 17.8. The molecule has 1 heterocycles. The lowest BCUT2D eigenvalue weighted by Crippen LogP contribution is -2.38. The number of ether oxygens (including phenoxy) is 1. The minimum atomic E-state index is -0.652. The fourth-order valence-corrected chi connectivity index (χ4v) is 3.37. The summed E-state index contributed by atoms with van der Waals surface area (Å²) < 4.78 is 5.71. The maximum Gasteiger partial charge on any atom is 0.191 e. The van der Waals surface area contributed by atoms with Crippen LogP contribution in [0.2, 0.25) is 0 Å². The topological polar surface area (TPSA) is 69.1 Å². The molecule has 1 aliphatic heterocycles. The Morgan fingerprint density at radius 2 is 2.00 bits per heavy atom. The number of hydrogen-bond donors (Lipinski definition) is 3. The van der Waals surface area contributed by atoms with Gasteiger partial charge in [-0.1, -0.05) is 12.1 Å². The number of rotatable bonds is 11. The van der Waals surface area contributed by atoms with Gasteiger partial charge in [0.1, 0.15) is 5.75 Å². The third kappa shape index (κ3) is 8.48. The molecule has 1 saturated heterocycles. The third-order valence-corrected chi connectivity index (χ3v) is 4.77. The number of nitrogens with one attached hydrogen (secondary N) is 2. The molecular formula is C22H38N4O2. The molecule has 1 atom stereocenters. The molecule has 0 spiro atoms. The summed E-state index contributed by atoms with van der Waals surface area (Å²) in [6.07, 6.45) is 4.49. The first-order valence-corrected chi connectivity index (χ1v) is 10.8. The lowest BCUT2D eigenvalue weighted by atomic mass is 10.1. The normalized spacial score (nSPS) is 16.4. The highest BCUT2D eigenvalue weighted by Gasteiger charge is 2.11. The molecule has 1 fully saturated rings. The van der Waals surface area contributed by atoms with E-state index >= 15 is 0 Å². The first kappa shape index (κ1) is 22.5. The minimum absolute atomic E-state index is 0.112. The molecule has 0 aromatic heterocycles. The minimum Gasteiger partial charge on any atom is -0.491 e. The van der Waals surface area contributed by atoms with E-state index in [-0.39, 0.29) is 6.10 Å². The number of likely N-dealkylation sites (tertiary alicyclic amines) is 1. The predicted molar refractivity (Wildman–Crippen MR) is 116 cm³/mol. The number of nitrogens with zero attached hydrogens (tertiary/aromatic N) is 2. The summed E-state index contributed by atoms with van der Waals surface area (Å²) in [7, 11) is 0. The van der Waals surface area contributed by atoms with Gasteiger partial charge in [0.05, 0.1) is 18.8 Å². The van der Waals surface area contributed by atoms with Crippen molar-refractivity contribution >= 4 is 5.96 Å². The van der Waals surface area contributed by atoms with E-state index in [2.05, 4.69) is 20.5 Å². The molecule has 0 amide bonds. The van der Waals surface area contributed by atoms with Crippen LogP contribution in [0.15, 0.2) is 29.3 Å². The Morgan fingerprint density at radius 1 is 1.21 bits per heavy atom. The van der Waals surface area contributed by atoms with Crippen molar-refractivity contribution in [3.63, 3.8) is 0 Å². The molecule has 1 unspecified atom stereocenters. The van der Waals surface area contributed by atoms with Crippen molar-refractivity contribution in [3.8, 4) is 5.75 Å². The van der Waals surface area contributed by atoms with E-state index in [0.29, 0.717) is 6.54 Å². The van der Waals surface area contributed by atoms with Gasteiger partial charge in [-0.2, -0.15) is 0 Å². The van der Waals surface area contributed by atoms with Crippen LogP contribution in [0, 0.1) is 0 Å². The second-order valence-corrected chi connectivity index (χ2v) is 7.66. The van der Waals surface area contributed by atoms with Gasteiger partial charge in [0.15, 0.2) is 5.96 Å². The van der Waals surface area contributed by atoms with Gasteiger partial charge in [-0.05, 0) is 83.8 Å². The molecule has 3 N–H and O–H groups in total. The summed E-state index contributed by atoms with van der Waals surface area (Å²) in [5.74, 6) is 1.54. The summed E-state index contributed by atoms with van der Waals surface area (Å²) in [5.41, 5.74) is 0.823. The summed E-state index contributed by atoms with van der Waals surface area (Å²) in [5, 5.41) is 17.1. The van der Waals surface area contributed by atoms with Crippen LogP contribution in [-0.2, 0) is 0 Å². The summed E-state index contributed by atoms with van der Waals surface area (Å²) >= 11 is 0. The fraction of sp³-hybridized carbons (Fsp3) is 0.682. The smallest absolute Gasteiger partial charge is 0.191 e. The molecule has 0 saturated carbocycles. The summed E-state index contributed by atoms with van der Waals surface area (Å²) in [6, 6.07) is 7.61. The number of hydrogen-bond acceptors (Lipinski definition) is 4. The van der Waals surface area contributed by atoms with Crippen molar-refractivity contribution in [2.45, 2.75) is 58.7 Å². The van der Waals surface area contributed by atoms with E-state index in [1.165, 1.54) is 38.9 Å². The van der Waals surface area contributed by atoms with Gasteiger partial charge in [0.2, 0.25) is 0 Å². The standard InChI is InChI=1S/C22H38N4O2/c1-4-23-22(24-12-5-6-13-26-14-7-8-15-26)25-17-21(27)19-10-9-11-20(16-19)28-18(2)3/h9-11,16,18,21,27H,4-8,12-15,17H2,1-3H3,(H2,23,24,25). The molecule has 158 valence electrons. The molecule has 0 radical (unpaired) electrons. The zero-order valence-electron chi connectivity index (χ0n) is 17.8. The average Bonchev–Trinajstić information content (AvgIpc) is 3.18. The Bertz CT molecular complexity index is 586. The Kier molecular flexibility index (Phi) is 10.1. The fourth-order valence-electron chi connectivity index (χ4n) is 3.37. The molecule has 1 aromatic rings. The van der Waals surface area contributed by atoms with Gasteiger partial charge in [-0.3, -0.25) is 4.99 Å². The highest BCUT2D eigenvalue weighted by molar-refractivity contribution is 5.79. The number of guanidine groups is 1. The molecule has 2 rings (SSSR count). The lowest BCUT2D eigenvalue weighted by molar-refractivity contribution is 0.185. The van der Waals surface area contributed by atoms with E-state index in [1.807, 2.05) is 45.0 Å². The first-order chi connectivity index (χ1) is 13.6. The van der Waals surface area contributed by atoms with Crippen molar-refractivity contribution in [1.82, 2.24) is 15.5 Å². The number of aliphatic hydroxyl groups excluding tert-OH is 1. The highest BCUT2D eigenvalue weighted by Crippen LogP contribution is 2.20. The van der Waals surface area contributed by atoms with Crippen molar-refractivity contribution in [2.75, 3.05) is 39.3 Å². The number of unbranched alkanes of at least 4 members (excludes halogenated alkanes) is 1. The van der Waals surface area contributed by atoms with E-state index in [0.717, 1.165) is 36.8 Å². The van der Waals surface area contributed by atoms with E-state index in [9.17, 15) is 5.11 Å². The summed E-state index contributed by atoms with van der Waals surface area (Å²) in [4.78, 5) is 7.10. The van der Waals surface area contributed by atoms with Crippen molar-refractivity contribution in [1.29, 1.82) is 0 Å². The van der Waals surface area contributed by atoms with Crippen LogP contribution in [0.5, 0.6) is 5.75 Å². The third-order valence-electron chi connectivity index (χ3n) is 4.77. The number of aliphatic imine (C=N–C) groups is 1. The molecule has 1 aromatic carbocycles. The van der Waals surface area contributed by atoms with Crippen molar-refractivity contribution in [2.24, 2.45) is 4.99 Å². The van der Waals surface area contributed by atoms with E-state index in [4.69, 9.17) is 4.74 Å². The van der Waals surface area contributed by atoms with Crippen LogP contribution in [0.4, 0.5) is 0 Å². The van der Waals surface area contributed by atoms with Crippen LogP contribution >= 0.6 is 0 Å².